The molecule has 6 aliphatic heterocycles. The van der Waals surface area contributed by atoms with Gasteiger partial charge in [-0.3, -0.25) is 43.9 Å². The molecule has 7 fully saturated rings. The van der Waals surface area contributed by atoms with E-state index in [1.54, 1.807) is 7.11 Å². The lowest BCUT2D eigenvalue weighted by molar-refractivity contribution is -0.155. The van der Waals surface area contributed by atoms with Gasteiger partial charge in [0.1, 0.15) is 18.1 Å². The molecule has 2 saturated carbocycles. The van der Waals surface area contributed by atoms with Crippen LogP contribution in [-0.4, -0.2) is 179 Å². The summed E-state index contributed by atoms with van der Waals surface area (Å²) in [6.45, 7) is 14.5. The Morgan fingerprint density at radius 3 is 2.54 bits per heavy atom. The topological polar surface area (TPSA) is 161 Å². The van der Waals surface area contributed by atoms with Crippen LogP contribution in [0.4, 0.5) is 5.69 Å². The van der Waals surface area contributed by atoms with Gasteiger partial charge >= 0.3 is 5.97 Å². The maximum Gasteiger partial charge on any atom is 0.324 e. The van der Waals surface area contributed by atoms with Gasteiger partial charge in [-0.15, -0.1) is 11.3 Å². The zero-order valence-electron chi connectivity index (χ0n) is 49.9. The number of fused-ring (bicyclic) bond motifs is 6. The highest BCUT2D eigenvalue weighted by Crippen LogP contribution is 2.49. The van der Waals surface area contributed by atoms with E-state index in [0.717, 1.165) is 91.1 Å². The molecule has 0 radical (unpaired) electrons. The van der Waals surface area contributed by atoms with Gasteiger partial charge in [-0.2, -0.15) is 0 Å². The molecule has 9 heterocycles. The molecule has 18 heteroatoms. The van der Waals surface area contributed by atoms with E-state index in [0.29, 0.717) is 73.3 Å². The second-order valence-electron chi connectivity index (χ2n) is 25.4. The number of aryl methyl sites for hydroxylation is 1. The second kappa shape index (κ2) is 21.2. The van der Waals surface area contributed by atoms with E-state index in [9.17, 15) is 19.2 Å². The SMILES string of the molecule is [2H]C([2H])([2H])Cn1c(-c2cc(N3CCN(C4CC4)CC3)cnc2[C@H](C)OC)c2c3cc(ccc31)-c1csc(n1)C[C@H](NC(=O)[C@H](C(C)C)N1CC[C@]3(CCN(C(=O)[C@H]4[C@@H](C5CC5)N4C)C3)C1)C(=O)N1CCC[C@H](N1)C(=O)OCC(C)(C)C2. The maximum atomic E-state index is 15.0. The number of carbonyl (C=O) groups excluding carboxylic acids is 4. The number of rotatable bonds is 12. The smallest absolute Gasteiger partial charge is 0.324 e. The molecule has 1 spiro atoms. The van der Waals surface area contributed by atoms with Crippen LogP contribution in [0.15, 0.2) is 35.8 Å². The number of pyridine rings is 1. The van der Waals surface area contributed by atoms with Gasteiger partial charge in [0.25, 0.3) is 5.91 Å². The van der Waals surface area contributed by atoms with Crippen molar-refractivity contribution in [3.63, 3.8) is 0 Å². The first-order chi connectivity index (χ1) is 38.7. The third kappa shape index (κ3) is 10.4. The molecule has 3 amide bonds. The summed E-state index contributed by atoms with van der Waals surface area (Å²) in [5, 5.41) is 8.22. The van der Waals surface area contributed by atoms with E-state index in [4.69, 9.17) is 23.6 Å². The van der Waals surface area contributed by atoms with Crippen molar-refractivity contribution in [2.75, 3.05) is 84.6 Å². The molecule has 8 aliphatic rings. The number of likely N-dealkylation sites (N-methyl/N-ethyl adjacent to an activating group) is 1. The zero-order chi connectivity index (χ0) is 56.9. The Balaban J connectivity index is 0.876. The summed E-state index contributed by atoms with van der Waals surface area (Å²) in [7, 11) is 3.74. The molecule has 1 aromatic carbocycles. The number of carbonyl (C=O) groups is 4. The van der Waals surface area contributed by atoms with Crippen LogP contribution in [0.3, 0.4) is 0 Å². The number of hydrazine groups is 1. The highest BCUT2D eigenvalue weighted by atomic mass is 32.1. The minimum absolute atomic E-state index is 0.00214. The summed E-state index contributed by atoms with van der Waals surface area (Å²) in [5.74, 6) is -0.231. The summed E-state index contributed by atoms with van der Waals surface area (Å²) >= 11 is 1.42. The predicted molar refractivity (Wildman–Crippen MR) is 303 cm³/mol. The number of cyclic esters (lactones) is 1. The number of thiazole rings is 1. The van der Waals surface area contributed by atoms with Crippen molar-refractivity contribution in [3.8, 4) is 22.5 Å². The maximum absolute atomic E-state index is 15.0. The molecule has 4 aromatic rings. The third-order valence-electron chi connectivity index (χ3n) is 18.8. The fraction of sp³-hybridized carbons (Fsp3) is 0.667. The Morgan fingerprint density at radius 2 is 1.79 bits per heavy atom. The average Bonchev–Trinajstić information content (AvgIpc) is 4.60. The number of methoxy groups -OCH3 is 1. The highest BCUT2D eigenvalue weighted by molar-refractivity contribution is 7.10. The number of nitrogens with one attached hydrogen (secondary N) is 2. The molecule has 1 unspecified atom stereocenters. The minimum Gasteiger partial charge on any atom is -0.464 e. The van der Waals surface area contributed by atoms with Crippen LogP contribution in [0.5, 0.6) is 0 Å². The monoisotopic (exact) mass is 1090 g/mol. The molecule has 3 aromatic heterocycles. The van der Waals surface area contributed by atoms with Gasteiger partial charge in [-0.1, -0.05) is 33.8 Å². The van der Waals surface area contributed by atoms with Crippen molar-refractivity contribution in [3.05, 3.63) is 52.1 Å². The van der Waals surface area contributed by atoms with Crippen LogP contribution in [0, 0.1) is 22.7 Å². The summed E-state index contributed by atoms with van der Waals surface area (Å²) in [6.07, 6.45) is 9.78. The van der Waals surface area contributed by atoms with Gasteiger partial charge in [0.2, 0.25) is 11.8 Å². The lowest BCUT2D eigenvalue weighted by atomic mass is 9.84. The number of hydrogen-bond donors (Lipinski definition) is 2. The number of ether oxygens (including phenoxy) is 2. The third-order valence-corrected chi connectivity index (χ3v) is 19.7. The van der Waals surface area contributed by atoms with E-state index in [1.807, 2.05) is 35.2 Å². The minimum atomic E-state index is -2.35. The summed E-state index contributed by atoms with van der Waals surface area (Å²) in [6, 6.07) is 6.96. The number of esters is 1. The van der Waals surface area contributed by atoms with E-state index in [-0.39, 0.29) is 54.7 Å². The molecular formula is C60H83N11O6S. The number of aromatic nitrogens is 3. The molecule has 78 heavy (non-hydrogen) atoms. The molecule has 8 atom stereocenters. The zero-order valence-corrected chi connectivity index (χ0v) is 47.7. The van der Waals surface area contributed by atoms with Crippen molar-refractivity contribution in [2.45, 2.75) is 155 Å². The number of likely N-dealkylation sites (tertiary alicyclic amines) is 2. The lowest BCUT2D eigenvalue weighted by Gasteiger charge is -2.37. The van der Waals surface area contributed by atoms with Crippen LogP contribution in [-0.2, 0) is 48.0 Å². The number of benzene rings is 1. The van der Waals surface area contributed by atoms with Gasteiger partial charge in [0, 0.05) is 127 Å². The summed E-state index contributed by atoms with van der Waals surface area (Å²) < 4.78 is 40.4. The predicted octanol–water partition coefficient (Wildman–Crippen LogP) is 6.53. The normalized spacial score (nSPS) is 29.6. The lowest BCUT2D eigenvalue weighted by Crippen LogP contribution is -2.62. The summed E-state index contributed by atoms with van der Waals surface area (Å²) in [5.41, 5.74) is 8.83. The Bertz CT molecular complexity index is 3060. The van der Waals surface area contributed by atoms with Gasteiger partial charge in [0.05, 0.1) is 52.7 Å². The second-order valence-corrected chi connectivity index (χ2v) is 26.4. The van der Waals surface area contributed by atoms with Crippen molar-refractivity contribution >= 4 is 51.6 Å². The van der Waals surface area contributed by atoms with Crippen LogP contribution in [0.1, 0.15) is 119 Å². The van der Waals surface area contributed by atoms with Crippen LogP contribution in [0.25, 0.3) is 33.4 Å². The van der Waals surface area contributed by atoms with Crippen LogP contribution in [0.2, 0.25) is 0 Å². The molecule has 2 N–H and O–H groups in total. The summed E-state index contributed by atoms with van der Waals surface area (Å²) in [4.78, 5) is 79.9. The number of nitrogens with zero attached hydrogens (tertiary/aromatic N) is 9. The Kier molecular flexibility index (Phi) is 13.6. The van der Waals surface area contributed by atoms with Crippen molar-refractivity contribution in [1.82, 2.24) is 49.9 Å². The number of anilines is 1. The van der Waals surface area contributed by atoms with Crippen molar-refractivity contribution < 1.29 is 32.8 Å². The van der Waals surface area contributed by atoms with Crippen molar-refractivity contribution in [2.24, 2.45) is 22.7 Å². The van der Waals surface area contributed by atoms with Gasteiger partial charge in [-0.25, -0.2) is 10.4 Å². The standard InChI is InChI=1S/C60H83N11O6S/c1-9-70-48-17-14-39-27-42(48)44(53(70)43-28-41(31-61-50(43)37(4)76-8)67-25-23-66(24-26-67)40-15-16-40)30-59(5,6)35-77-58(75)45-11-10-20-71(64-45)56(73)46(29-49-62-47(39)32-78-49)63-55(72)51(36(2)3)68-21-18-60(33-68)19-22-69(34-60)57(74)54-52(65(54)7)38-12-13-38/h14,17,27-28,31-32,36-38,40,45-46,51-52,54,64H,9-13,15-16,18-26,29-30,33-35H2,1-8H3,(H,63,72)/t37-,45-,46-,51-,52+,54+,60-,65?/m0/s1/i1D3. The first kappa shape index (κ1) is 50.0. The first-order valence-corrected chi connectivity index (χ1v) is 30.0. The highest BCUT2D eigenvalue weighted by Gasteiger charge is 2.59. The number of hydrogen-bond acceptors (Lipinski definition) is 14. The first-order valence-electron chi connectivity index (χ1n) is 30.6. The molecule has 17 nitrogen and oxygen atoms in total. The van der Waals surface area contributed by atoms with E-state index in [2.05, 4.69) is 82.1 Å². The molecule has 5 saturated heterocycles. The number of piperazine rings is 1. The van der Waals surface area contributed by atoms with E-state index in [1.165, 1.54) is 42.0 Å². The van der Waals surface area contributed by atoms with Crippen molar-refractivity contribution in [1.29, 1.82) is 0 Å². The molecule has 6 bridgehead atoms. The fourth-order valence-corrected chi connectivity index (χ4v) is 15.0. The fourth-order valence-electron chi connectivity index (χ4n) is 14.1. The number of amides is 3. The quantitative estimate of drug-likeness (QED) is 0.117. The Hall–Kier alpha value is -4.98. The molecule has 12 rings (SSSR count). The van der Waals surface area contributed by atoms with Gasteiger partial charge < -0.3 is 29.2 Å². The molecular weight excluding hydrogens is 1000 g/mol. The van der Waals surface area contributed by atoms with Crippen LogP contribution >= 0.6 is 11.3 Å². The largest absolute Gasteiger partial charge is 0.464 e. The van der Waals surface area contributed by atoms with Gasteiger partial charge in [-0.05, 0) is 121 Å². The average molecular weight is 1090 g/mol. The van der Waals surface area contributed by atoms with Gasteiger partial charge in [0.15, 0.2) is 0 Å². The Labute approximate surface area is 468 Å². The van der Waals surface area contributed by atoms with E-state index >= 15 is 0 Å². The van der Waals surface area contributed by atoms with Crippen LogP contribution < -0.4 is 15.6 Å². The molecule has 2 aliphatic carbocycles. The van der Waals surface area contributed by atoms with E-state index < -0.39 is 42.5 Å². The molecule has 420 valence electrons. The Morgan fingerprint density at radius 1 is 1.00 bits per heavy atom.